The first-order chi connectivity index (χ1) is 22.2. The van der Waals surface area contributed by atoms with E-state index in [1.54, 1.807) is 0 Å². The Hall–Kier alpha value is -5.60. The molecule has 45 heavy (non-hydrogen) atoms. The Labute approximate surface area is 260 Å². The minimum absolute atomic E-state index is 0.186. The first-order valence-corrected chi connectivity index (χ1v) is 15.6. The summed E-state index contributed by atoms with van der Waals surface area (Å²) in [6.07, 6.45) is 4.36. The molecule has 212 valence electrons. The molecule has 1 aliphatic carbocycles. The molecule has 0 N–H and O–H groups in total. The zero-order chi connectivity index (χ0) is 29.7. The van der Waals surface area contributed by atoms with Gasteiger partial charge in [-0.05, 0) is 85.8 Å². The lowest BCUT2D eigenvalue weighted by molar-refractivity contribution is 0.155. The van der Waals surface area contributed by atoms with Crippen molar-refractivity contribution in [2.24, 2.45) is 0 Å². The molecule has 1 aliphatic heterocycles. The molecule has 0 fully saturated rings. The van der Waals surface area contributed by atoms with Crippen LogP contribution in [0.15, 0.2) is 144 Å². The van der Waals surface area contributed by atoms with E-state index in [2.05, 4.69) is 146 Å². The molecule has 0 bridgehead atoms. The summed E-state index contributed by atoms with van der Waals surface area (Å²) in [6, 6.07) is 48.2. The number of hydrogen-bond acceptors (Lipinski definition) is 2. The highest BCUT2D eigenvalue weighted by atomic mass is 16.5. The summed E-state index contributed by atoms with van der Waals surface area (Å²) in [7, 11) is 0. The molecule has 2 aliphatic rings. The van der Waals surface area contributed by atoms with Crippen molar-refractivity contribution < 1.29 is 9.15 Å². The Bertz CT molecular complexity index is 2490. The number of para-hydroxylation sites is 1. The summed E-state index contributed by atoms with van der Waals surface area (Å²) in [5.41, 5.74) is 7.89. The number of fused-ring (bicyclic) bond motifs is 10. The largest absolute Gasteiger partial charge is 0.481 e. The molecule has 1 aromatic heterocycles. The van der Waals surface area contributed by atoms with Crippen molar-refractivity contribution in [2.75, 3.05) is 0 Å². The van der Waals surface area contributed by atoms with Gasteiger partial charge >= 0.3 is 0 Å². The van der Waals surface area contributed by atoms with Crippen LogP contribution in [-0.4, -0.2) is 0 Å². The van der Waals surface area contributed by atoms with Crippen molar-refractivity contribution >= 4 is 49.4 Å². The molecular formula is C43H28O2. The molecule has 0 radical (unpaired) electrons. The second-order valence-electron chi connectivity index (χ2n) is 12.6. The second kappa shape index (κ2) is 8.97. The Balaban J connectivity index is 1.20. The van der Waals surface area contributed by atoms with Gasteiger partial charge in [0.2, 0.25) is 0 Å². The molecule has 2 unspecified atom stereocenters. The normalized spacial score (nSPS) is 18.3. The van der Waals surface area contributed by atoms with Crippen LogP contribution in [-0.2, 0) is 5.41 Å². The number of hydrogen-bond donors (Lipinski definition) is 0. The highest BCUT2D eigenvalue weighted by molar-refractivity contribution is 6.22. The van der Waals surface area contributed by atoms with Gasteiger partial charge in [-0.2, -0.15) is 0 Å². The Morgan fingerprint density at radius 1 is 0.556 bits per heavy atom. The monoisotopic (exact) mass is 576 g/mol. The molecule has 8 aromatic rings. The molecule has 2 heterocycles. The van der Waals surface area contributed by atoms with Crippen LogP contribution in [0.3, 0.4) is 0 Å². The molecule has 0 amide bonds. The predicted molar refractivity (Wildman–Crippen MR) is 186 cm³/mol. The van der Waals surface area contributed by atoms with Crippen LogP contribution in [0.25, 0.3) is 71.6 Å². The fourth-order valence-corrected chi connectivity index (χ4v) is 7.92. The zero-order valence-corrected chi connectivity index (χ0v) is 24.8. The van der Waals surface area contributed by atoms with Gasteiger partial charge in [0.1, 0.15) is 11.3 Å². The summed E-state index contributed by atoms with van der Waals surface area (Å²) in [5.74, 6) is 1.85. The first-order valence-electron chi connectivity index (χ1n) is 15.6. The molecule has 2 nitrogen and oxygen atoms in total. The van der Waals surface area contributed by atoms with E-state index in [1.807, 2.05) is 6.07 Å². The molecule has 2 atom stereocenters. The van der Waals surface area contributed by atoms with E-state index in [1.165, 1.54) is 60.1 Å². The first kappa shape index (κ1) is 24.8. The van der Waals surface area contributed by atoms with E-state index in [0.29, 0.717) is 0 Å². The van der Waals surface area contributed by atoms with Crippen LogP contribution < -0.4 is 4.74 Å². The summed E-state index contributed by atoms with van der Waals surface area (Å²) < 4.78 is 13.1. The van der Waals surface area contributed by atoms with Gasteiger partial charge in [-0.3, -0.25) is 0 Å². The number of ether oxygens (including phenoxy) is 1. The predicted octanol–water partition coefficient (Wildman–Crippen LogP) is 11.6. The SMILES string of the molecule is CC12C=Cc3c(oc4ccc(-c5c6ccccc6c(-c6ccc7ccccc7c6)c6ccccc56)cc34)C1Oc1ccccc12. The van der Waals surface area contributed by atoms with Gasteiger partial charge in [-0.15, -0.1) is 0 Å². The van der Waals surface area contributed by atoms with Crippen molar-refractivity contribution in [1.82, 2.24) is 0 Å². The van der Waals surface area contributed by atoms with Crippen LogP contribution in [0, 0.1) is 0 Å². The standard InChI is InChI=1S/C43H28O2/c1-43-23-22-34-35-25-29(20-21-37(35)44-41(34)42(43)45-38-17-9-8-16-36(38)43)40-32-14-6-4-12-30(32)39(31-13-5-7-15-33(31)40)28-19-18-26-10-2-3-11-27(26)24-28/h2-25,42H,1H3. The fraction of sp³-hybridized carbons (Fsp3) is 0.0698. The van der Waals surface area contributed by atoms with Crippen molar-refractivity contribution in [3.63, 3.8) is 0 Å². The van der Waals surface area contributed by atoms with Gasteiger partial charge in [-0.1, -0.05) is 121 Å². The lowest BCUT2D eigenvalue weighted by Crippen LogP contribution is -2.28. The minimum Gasteiger partial charge on any atom is -0.481 e. The number of furan rings is 1. The molecule has 0 spiro atoms. The maximum Gasteiger partial charge on any atom is 0.170 e. The van der Waals surface area contributed by atoms with Crippen LogP contribution in [0.4, 0.5) is 0 Å². The highest BCUT2D eigenvalue weighted by Crippen LogP contribution is 2.56. The quantitative estimate of drug-likeness (QED) is 0.191. The van der Waals surface area contributed by atoms with E-state index in [9.17, 15) is 0 Å². The van der Waals surface area contributed by atoms with Crippen molar-refractivity contribution in [2.45, 2.75) is 18.4 Å². The topological polar surface area (TPSA) is 22.4 Å². The number of benzene rings is 7. The summed E-state index contributed by atoms with van der Waals surface area (Å²) in [6.45, 7) is 2.25. The van der Waals surface area contributed by atoms with E-state index in [0.717, 1.165) is 28.0 Å². The third-order valence-corrected chi connectivity index (χ3v) is 10.1. The molecule has 0 saturated carbocycles. The van der Waals surface area contributed by atoms with Crippen LogP contribution >= 0.6 is 0 Å². The van der Waals surface area contributed by atoms with Gasteiger partial charge in [0.15, 0.2) is 11.9 Å². The smallest absolute Gasteiger partial charge is 0.170 e. The van der Waals surface area contributed by atoms with Gasteiger partial charge in [0, 0.05) is 16.5 Å². The molecule has 0 saturated heterocycles. The van der Waals surface area contributed by atoms with Gasteiger partial charge in [-0.25, -0.2) is 0 Å². The zero-order valence-electron chi connectivity index (χ0n) is 24.8. The molecule has 2 heteroatoms. The van der Waals surface area contributed by atoms with Crippen molar-refractivity contribution in [1.29, 1.82) is 0 Å². The Morgan fingerprint density at radius 3 is 1.89 bits per heavy atom. The van der Waals surface area contributed by atoms with Gasteiger partial charge in [0.05, 0.1) is 5.41 Å². The average molecular weight is 577 g/mol. The second-order valence-corrected chi connectivity index (χ2v) is 12.6. The van der Waals surface area contributed by atoms with E-state index < -0.39 is 0 Å². The number of rotatable bonds is 2. The van der Waals surface area contributed by atoms with Gasteiger partial charge < -0.3 is 9.15 Å². The summed E-state index contributed by atoms with van der Waals surface area (Å²) in [4.78, 5) is 0. The maximum absolute atomic E-state index is 6.60. The fourth-order valence-electron chi connectivity index (χ4n) is 7.92. The lowest BCUT2D eigenvalue weighted by atomic mass is 9.74. The van der Waals surface area contributed by atoms with Crippen LogP contribution in [0.2, 0.25) is 0 Å². The van der Waals surface area contributed by atoms with E-state index >= 15 is 0 Å². The molecule has 7 aromatic carbocycles. The highest BCUT2D eigenvalue weighted by Gasteiger charge is 2.49. The van der Waals surface area contributed by atoms with Crippen molar-refractivity contribution in [3.05, 3.63) is 156 Å². The molecular weight excluding hydrogens is 548 g/mol. The molecule has 10 rings (SSSR count). The Morgan fingerprint density at radius 2 is 1.16 bits per heavy atom. The van der Waals surface area contributed by atoms with E-state index in [4.69, 9.17) is 9.15 Å². The van der Waals surface area contributed by atoms with Crippen LogP contribution in [0.1, 0.15) is 29.9 Å². The van der Waals surface area contributed by atoms with Gasteiger partial charge in [0.25, 0.3) is 0 Å². The van der Waals surface area contributed by atoms with Crippen molar-refractivity contribution in [3.8, 4) is 28.0 Å². The van der Waals surface area contributed by atoms with E-state index in [-0.39, 0.29) is 11.5 Å². The Kier molecular flexibility index (Phi) is 4.94. The third kappa shape index (κ3) is 3.40. The maximum atomic E-state index is 6.60. The summed E-state index contributed by atoms with van der Waals surface area (Å²) in [5, 5.41) is 8.62. The lowest BCUT2D eigenvalue weighted by Gasteiger charge is -2.29. The average Bonchev–Trinajstić information content (AvgIpc) is 3.61. The minimum atomic E-state index is -0.259. The third-order valence-electron chi connectivity index (χ3n) is 10.1. The van der Waals surface area contributed by atoms with Crippen LogP contribution in [0.5, 0.6) is 5.75 Å². The summed E-state index contributed by atoms with van der Waals surface area (Å²) >= 11 is 0.